The van der Waals surface area contributed by atoms with E-state index >= 15 is 0 Å². The van der Waals surface area contributed by atoms with Crippen LogP contribution in [0, 0.1) is 11.8 Å². The third-order valence-electron chi connectivity index (χ3n) is 5.75. The summed E-state index contributed by atoms with van der Waals surface area (Å²) < 4.78 is 0. The van der Waals surface area contributed by atoms with E-state index in [1.54, 1.807) is 0 Å². The number of carbonyl (C=O) groups is 1. The van der Waals surface area contributed by atoms with Crippen LogP contribution in [-0.4, -0.2) is 29.1 Å². The van der Waals surface area contributed by atoms with Gasteiger partial charge in [0.05, 0.1) is 12.2 Å². The van der Waals surface area contributed by atoms with Crippen molar-refractivity contribution in [2.45, 2.75) is 96.3 Å². The molecule has 1 heterocycles. The molecule has 1 saturated heterocycles. The zero-order valence-electron chi connectivity index (χ0n) is 13.8. The van der Waals surface area contributed by atoms with Gasteiger partial charge in [0.15, 0.2) is 0 Å². The molecule has 0 aromatic heterocycles. The number of nitrogens with one attached hydrogen (secondary N) is 1. The minimum atomic E-state index is 0.0810. The van der Waals surface area contributed by atoms with E-state index in [9.17, 15) is 4.79 Å². The van der Waals surface area contributed by atoms with Crippen molar-refractivity contribution < 1.29 is 4.79 Å². The lowest BCUT2D eigenvalue weighted by atomic mass is 9.92. The third-order valence-corrected chi connectivity index (χ3v) is 5.75. The van der Waals surface area contributed by atoms with Crippen molar-refractivity contribution in [1.29, 1.82) is 0 Å². The molecular formula is C18H32N2O. The summed E-state index contributed by atoms with van der Waals surface area (Å²) in [7, 11) is 0. The van der Waals surface area contributed by atoms with Crippen LogP contribution in [0.1, 0.15) is 78.1 Å². The van der Waals surface area contributed by atoms with Gasteiger partial charge in [-0.1, -0.05) is 46.0 Å². The van der Waals surface area contributed by atoms with Gasteiger partial charge in [-0.2, -0.15) is 0 Å². The Kier molecular flexibility index (Phi) is 4.88. The normalized spacial score (nSPS) is 32.5. The zero-order chi connectivity index (χ0) is 14.8. The number of hydrogen-bond donors (Lipinski definition) is 1. The van der Waals surface area contributed by atoms with Crippen LogP contribution in [0.3, 0.4) is 0 Å². The van der Waals surface area contributed by atoms with E-state index in [0.717, 1.165) is 6.42 Å². The second kappa shape index (κ2) is 6.68. The first-order valence-electron chi connectivity index (χ1n) is 9.25. The maximum atomic E-state index is 13.0. The van der Waals surface area contributed by atoms with E-state index in [-0.39, 0.29) is 6.04 Å². The average Bonchev–Trinajstić information content (AvgIpc) is 3.08. The van der Waals surface area contributed by atoms with Crippen LogP contribution < -0.4 is 5.32 Å². The summed E-state index contributed by atoms with van der Waals surface area (Å²) in [5.41, 5.74) is 0. The molecule has 0 radical (unpaired) electrons. The van der Waals surface area contributed by atoms with Gasteiger partial charge in [0.25, 0.3) is 0 Å². The van der Waals surface area contributed by atoms with Crippen LogP contribution in [0.4, 0.5) is 0 Å². The maximum Gasteiger partial charge on any atom is 0.241 e. The molecule has 3 aliphatic rings. The van der Waals surface area contributed by atoms with Crippen LogP contribution in [0.2, 0.25) is 0 Å². The predicted molar refractivity (Wildman–Crippen MR) is 85.8 cm³/mol. The van der Waals surface area contributed by atoms with Crippen molar-refractivity contribution in [3.05, 3.63) is 0 Å². The topological polar surface area (TPSA) is 32.3 Å². The van der Waals surface area contributed by atoms with Crippen LogP contribution in [0.5, 0.6) is 0 Å². The predicted octanol–water partition coefficient (Wildman–Crippen LogP) is 3.68. The molecule has 120 valence electrons. The first-order valence-corrected chi connectivity index (χ1v) is 9.25. The standard InChI is InChI=1S/C18H32N2O/c1-13(2)12-16-18(21)20(15-10-4-3-5-11-15)17(19-16)14-8-6-7-9-14/h13-17,19H,3-12H2,1-2H3. The molecule has 1 aliphatic heterocycles. The molecule has 1 N–H and O–H groups in total. The zero-order valence-corrected chi connectivity index (χ0v) is 13.8. The van der Waals surface area contributed by atoms with Crippen LogP contribution in [0.25, 0.3) is 0 Å². The van der Waals surface area contributed by atoms with Gasteiger partial charge < -0.3 is 4.90 Å². The number of carbonyl (C=O) groups excluding carboxylic acids is 1. The van der Waals surface area contributed by atoms with E-state index in [4.69, 9.17) is 0 Å². The van der Waals surface area contributed by atoms with E-state index in [1.165, 1.54) is 57.8 Å². The van der Waals surface area contributed by atoms with Gasteiger partial charge in [0.2, 0.25) is 5.91 Å². The highest BCUT2D eigenvalue weighted by molar-refractivity contribution is 5.84. The number of nitrogens with zero attached hydrogens (tertiary/aromatic N) is 1. The van der Waals surface area contributed by atoms with Crippen molar-refractivity contribution in [2.75, 3.05) is 0 Å². The summed E-state index contributed by atoms with van der Waals surface area (Å²) in [5.74, 6) is 1.70. The van der Waals surface area contributed by atoms with Crippen LogP contribution in [-0.2, 0) is 4.79 Å². The summed E-state index contributed by atoms with van der Waals surface area (Å²) in [6, 6.07) is 0.596. The molecule has 3 nitrogen and oxygen atoms in total. The summed E-state index contributed by atoms with van der Waals surface area (Å²) in [5, 5.41) is 3.74. The van der Waals surface area contributed by atoms with Crippen molar-refractivity contribution >= 4 is 5.91 Å². The smallest absolute Gasteiger partial charge is 0.241 e. The Balaban J connectivity index is 1.75. The van der Waals surface area contributed by atoms with Gasteiger partial charge in [-0.05, 0) is 43.9 Å². The third kappa shape index (κ3) is 3.28. The van der Waals surface area contributed by atoms with Gasteiger partial charge in [-0.15, -0.1) is 0 Å². The van der Waals surface area contributed by atoms with Gasteiger partial charge in [-0.25, -0.2) is 0 Å². The highest BCUT2D eigenvalue weighted by Crippen LogP contribution is 2.36. The molecule has 3 heteroatoms. The monoisotopic (exact) mass is 292 g/mol. The molecule has 2 atom stereocenters. The Morgan fingerprint density at radius 3 is 2.29 bits per heavy atom. The van der Waals surface area contributed by atoms with Crippen LogP contribution in [0.15, 0.2) is 0 Å². The second-order valence-electron chi connectivity index (χ2n) is 7.88. The summed E-state index contributed by atoms with van der Waals surface area (Å²) >= 11 is 0. The first kappa shape index (κ1) is 15.3. The Bertz CT molecular complexity index is 356. The molecule has 0 spiro atoms. The van der Waals surface area contributed by atoms with Gasteiger partial charge in [0, 0.05) is 6.04 Å². The Morgan fingerprint density at radius 1 is 1.05 bits per heavy atom. The van der Waals surface area contributed by atoms with Gasteiger partial charge >= 0.3 is 0 Å². The van der Waals surface area contributed by atoms with E-state index in [0.29, 0.717) is 30.0 Å². The number of rotatable bonds is 4. The molecule has 2 saturated carbocycles. The minimum Gasteiger partial charge on any atom is -0.323 e. The van der Waals surface area contributed by atoms with Crippen LogP contribution >= 0.6 is 0 Å². The van der Waals surface area contributed by atoms with Crippen molar-refractivity contribution in [2.24, 2.45) is 11.8 Å². The average molecular weight is 292 g/mol. The van der Waals surface area contributed by atoms with E-state index in [2.05, 4.69) is 24.1 Å². The lowest BCUT2D eigenvalue weighted by Gasteiger charge is -2.37. The molecule has 21 heavy (non-hydrogen) atoms. The Hall–Kier alpha value is -0.570. The number of amides is 1. The Labute approximate surface area is 129 Å². The quantitative estimate of drug-likeness (QED) is 0.857. The Morgan fingerprint density at radius 2 is 1.67 bits per heavy atom. The molecule has 2 unspecified atom stereocenters. The van der Waals surface area contributed by atoms with Gasteiger partial charge in [0.1, 0.15) is 0 Å². The number of hydrogen-bond acceptors (Lipinski definition) is 2. The lowest BCUT2D eigenvalue weighted by Crippen LogP contribution is -2.48. The fraction of sp³-hybridized carbons (Fsp3) is 0.944. The second-order valence-corrected chi connectivity index (χ2v) is 7.88. The summed E-state index contributed by atoms with van der Waals surface area (Å²) in [6.07, 6.45) is 13.1. The first-order chi connectivity index (χ1) is 10.2. The van der Waals surface area contributed by atoms with Crippen molar-refractivity contribution in [3.8, 4) is 0 Å². The largest absolute Gasteiger partial charge is 0.323 e. The summed E-state index contributed by atoms with van der Waals surface area (Å²) in [6.45, 7) is 4.45. The highest BCUT2D eigenvalue weighted by atomic mass is 16.2. The maximum absolute atomic E-state index is 13.0. The van der Waals surface area contributed by atoms with E-state index < -0.39 is 0 Å². The molecular weight excluding hydrogens is 260 g/mol. The minimum absolute atomic E-state index is 0.0810. The molecule has 1 amide bonds. The van der Waals surface area contributed by atoms with Crippen molar-refractivity contribution in [1.82, 2.24) is 10.2 Å². The fourth-order valence-corrected chi connectivity index (χ4v) is 4.72. The molecule has 0 bridgehead atoms. The molecule has 0 aromatic carbocycles. The van der Waals surface area contributed by atoms with Gasteiger partial charge in [-0.3, -0.25) is 10.1 Å². The fourth-order valence-electron chi connectivity index (χ4n) is 4.72. The molecule has 0 aromatic rings. The molecule has 3 rings (SSSR count). The summed E-state index contributed by atoms with van der Waals surface area (Å²) in [4.78, 5) is 15.3. The molecule has 2 aliphatic carbocycles. The van der Waals surface area contributed by atoms with E-state index in [1.807, 2.05) is 0 Å². The highest BCUT2D eigenvalue weighted by Gasteiger charge is 2.45. The van der Waals surface area contributed by atoms with Crippen molar-refractivity contribution in [3.63, 3.8) is 0 Å². The SMILES string of the molecule is CC(C)CC1NC(C2CCCC2)N(C2CCCCC2)C1=O. The lowest BCUT2D eigenvalue weighted by molar-refractivity contribution is -0.134. The molecule has 3 fully saturated rings.